The van der Waals surface area contributed by atoms with Crippen LogP contribution in [0.3, 0.4) is 0 Å². The Kier molecular flexibility index (Phi) is 6.55. The SMILES string of the molecule is O=C(NN=Cc1ccccc1OCc1ccc([N+](=O)[O-])cc1)c1cc2cc([N+](=O)[O-])ccc2s1. The molecule has 4 rings (SSSR count). The van der Waals surface area contributed by atoms with Crippen molar-refractivity contribution in [3.8, 4) is 5.75 Å². The average Bonchev–Trinajstić information content (AvgIpc) is 3.27. The van der Waals surface area contributed by atoms with E-state index >= 15 is 0 Å². The van der Waals surface area contributed by atoms with Crippen molar-refractivity contribution in [3.05, 3.63) is 109 Å². The van der Waals surface area contributed by atoms with Gasteiger partial charge in [0.2, 0.25) is 0 Å². The summed E-state index contributed by atoms with van der Waals surface area (Å²) in [6.45, 7) is 0.198. The molecule has 34 heavy (non-hydrogen) atoms. The minimum atomic E-state index is -0.484. The Bertz CT molecular complexity index is 1410. The van der Waals surface area contributed by atoms with Gasteiger partial charge in [0.25, 0.3) is 17.3 Å². The van der Waals surface area contributed by atoms with Crippen molar-refractivity contribution in [3.63, 3.8) is 0 Å². The summed E-state index contributed by atoms with van der Waals surface area (Å²) in [4.78, 5) is 33.6. The number of hydrazone groups is 1. The van der Waals surface area contributed by atoms with E-state index in [1.165, 1.54) is 41.8 Å². The molecule has 0 bridgehead atoms. The van der Waals surface area contributed by atoms with Gasteiger partial charge in [0.05, 0.1) is 20.9 Å². The van der Waals surface area contributed by atoms with Gasteiger partial charge in [-0.3, -0.25) is 25.0 Å². The zero-order valence-corrected chi connectivity index (χ0v) is 18.2. The highest BCUT2D eigenvalue weighted by Gasteiger charge is 2.13. The first-order chi connectivity index (χ1) is 16.4. The van der Waals surface area contributed by atoms with Crippen molar-refractivity contribution in [2.24, 2.45) is 5.10 Å². The van der Waals surface area contributed by atoms with Gasteiger partial charge < -0.3 is 4.74 Å². The summed E-state index contributed by atoms with van der Waals surface area (Å²) in [5, 5.41) is 26.3. The lowest BCUT2D eigenvalue weighted by Crippen LogP contribution is -2.16. The molecule has 1 aromatic heterocycles. The average molecular weight is 476 g/mol. The summed E-state index contributed by atoms with van der Waals surface area (Å²) >= 11 is 1.21. The molecular weight excluding hydrogens is 460 g/mol. The minimum absolute atomic E-state index is 0.00360. The highest BCUT2D eigenvalue weighted by Crippen LogP contribution is 2.29. The molecule has 3 aromatic carbocycles. The van der Waals surface area contributed by atoms with Crippen LogP contribution in [0.15, 0.2) is 77.9 Å². The third-order valence-corrected chi connectivity index (χ3v) is 5.88. The molecule has 1 N–H and O–H groups in total. The zero-order chi connectivity index (χ0) is 24.1. The Morgan fingerprint density at radius 3 is 2.41 bits per heavy atom. The number of rotatable bonds is 8. The summed E-state index contributed by atoms with van der Waals surface area (Å²) < 4.78 is 6.56. The fourth-order valence-corrected chi connectivity index (χ4v) is 4.00. The van der Waals surface area contributed by atoms with Crippen LogP contribution in [0.5, 0.6) is 5.75 Å². The van der Waals surface area contributed by atoms with E-state index in [2.05, 4.69) is 10.5 Å². The van der Waals surface area contributed by atoms with Crippen molar-refractivity contribution in [1.29, 1.82) is 0 Å². The molecular formula is C23H16N4O6S. The van der Waals surface area contributed by atoms with Crippen LogP contribution in [0, 0.1) is 20.2 Å². The number of para-hydroxylation sites is 1. The Morgan fingerprint density at radius 2 is 1.68 bits per heavy atom. The molecule has 0 saturated carbocycles. The highest BCUT2D eigenvalue weighted by molar-refractivity contribution is 7.20. The molecule has 170 valence electrons. The second-order valence-corrected chi connectivity index (χ2v) is 8.12. The molecule has 1 heterocycles. The maximum Gasteiger partial charge on any atom is 0.281 e. The number of carbonyl (C=O) groups excluding carboxylic acids is 1. The van der Waals surface area contributed by atoms with E-state index in [1.807, 2.05) is 0 Å². The summed E-state index contributed by atoms with van der Waals surface area (Å²) in [6.07, 6.45) is 1.45. The summed E-state index contributed by atoms with van der Waals surface area (Å²) in [6, 6.07) is 19.2. The molecule has 0 spiro atoms. The Hall–Kier alpha value is -4.64. The van der Waals surface area contributed by atoms with Gasteiger partial charge in [-0.1, -0.05) is 12.1 Å². The monoisotopic (exact) mass is 476 g/mol. The number of non-ortho nitro benzene ring substituents is 2. The smallest absolute Gasteiger partial charge is 0.281 e. The van der Waals surface area contributed by atoms with Gasteiger partial charge in [0.15, 0.2) is 0 Å². The summed E-state index contributed by atoms with van der Waals surface area (Å²) in [5.74, 6) is 0.0809. The molecule has 0 atom stereocenters. The standard InChI is InChI=1S/C23H16N4O6S/c28-23(22-12-17-11-19(27(31)32)9-10-21(17)34-22)25-24-13-16-3-1-2-4-20(16)33-14-15-5-7-18(8-6-15)26(29)30/h1-13H,14H2,(H,25,28). The van der Waals surface area contributed by atoms with Crippen molar-refractivity contribution in [2.75, 3.05) is 0 Å². The lowest BCUT2D eigenvalue weighted by atomic mass is 10.2. The number of nitro groups is 2. The maximum absolute atomic E-state index is 12.5. The zero-order valence-electron chi connectivity index (χ0n) is 17.4. The number of thiophene rings is 1. The van der Waals surface area contributed by atoms with Crippen molar-refractivity contribution in [1.82, 2.24) is 5.43 Å². The number of nitro benzene ring substituents is 2. The molecule has 0 unspecified atom stereocenters. The van der Waals surface area contributed by atoms with Crippen molar-refractivity contribution >= 4 is 44.9 Å². The molecule has 1 amide bonds. The third kappa shape index (κ3) is 5.22. The van der Waals surface area contributed by atoms with Crippen LogP contribution >= 0.6 is 11.3 Å². The lowest BCUT2D eigenvalue weighted by molar-refractivity contribution is -0.385. The molecule has 4 aromatic rings. The number of carbonyl (C=O) groups is 1. The fourth-order valence-electron chi connectivity index (χ4n) is 3.07. The van der Waals surface area contributed by atoms with E-state index < -0.39 is 15.8 Å². The van der Waals surface area contributed by atoms with Gasteiger partial charge in [-0.15, -0.1) is 11.3 Å². The minimum Gasteiger partial charge on any atom is -0.488 e. The van der Waals surface area contributed by atoms with Crippen molar-refractivity contribution < 1.29 is 19.4 Å². The largest absolute Gasteiger partial charge is 0.488 e. The van der Waals surface area contributed by atoms with Crippen LogP contribution < -0.4 is 10.2 Å². The van der Waals surface area contributed by atoms with Crippen LogP contribution in [0.1, 0.15) is 20.8 Å². The summed E-state index contributed by atoms with van der Waals surface area (Å²) in [7, 11) is 0. The first-order valence-electron chi connectivity index (χ1n) is 9.87. The lowest BCUT2D eigenvalue weighted by Gasteiger charge is -2.09. The maximum atomic E-state index is 12.5. The first-order valence-corrected chi connectivity index (χ1v) is 10.7. The Labute approximate surface area is 196 Å². The van der Waals surface area contributed by atoms with Crippen LogP contribution in [0.4, 0.5) is 11.4 Å². The molecule has 0 radical (unpaired) electrons. The fraction of sp³-hybridized carbons (Fsp3) is 0.0435. The predicted molar refractivity (Wildman–Crippen MR) is 127 cm³/mol. The van der Waals surface area contributed by atoms with E-state index in [4.69, 9.17) is 4.74 Å². The van der Waals surface area contributed by atoms with Crippen LogP contribution in [-0.2, 0) is 6.61 Å². The number of fused-ring (bicyclic) bond motifs is 1. The van der Waals surface area contributed by atoms with Gasteiger partial charge in [-0.05, 0) is 42.0 Å². The molecule has 11 heteroatoms. The summed E-state index contributed by atoms with van der Waals surface area (Å²) in [5.41, 5.74) is 3.80. The number of nitrogens with one attached hydrogen (secondary N) is 1. The third-order valence-electron chi connectivity index (χ3n) is 4.76. The molecule has 0 aliphatic heterocycles. The number of hydrogen-bond acceptors (Lipinski definition) is 8. The molecule has 0 fully saturated rings. The van der Waals surface area contributed by atoms with E-state index in [1.54, 1.807) is 48.5 Å². The van der Waals surface area contributed by atoms with E-state index in [0.29, 0.717) is 21.6 Å². The molecule has 0 aliphatic rings. The van der Waals surface area contributed by atoms with Crippen LogP contribution in [0.25, 0.3) is 10.1 Å². The van der Waals surface area contributed by atoms with E-state index in [-0.39, 0.29) is 18.0 Å². The Balaban J connectivity index is 1.41. The van der Waals surface area contributed by atoms with Gasteiger partial charge >= 0.3 is 0 Å². The quantitative estimate of drug-likeness (QED) is 0.214. The second kappa shape index (κ2) is 9.88. The number of benzene rings is 3. The topological polar surface area (TPSA) is 137 Å². The van der Waals surface area contributed by atoms with E-state index in [9.17, 15) is 25.0 Å². The van der Waals surface area contributed by atoms with Crippen LogP contribution in [-0.4, -0.2) is 22.0 Å². The van der Waals surface area contributed by atoms with Gasteiger partial charge in [0.1, 0.15) is 12.4 Å². The second-order valence-electron chi connectivity index (χ2n) is 7.04. The number of hydrogen-bond donors (Lipinski definition) is 1. The number of ether oxygens (including phenoxy) is 1. The molecule has 0 aliphatic carbocycles. The predicted octanol–water partition coefficient (Wildman–Crippen LogP) is 5.06. The highest BCUT2D eigenvalue weighted by atomic mass is 32.1. The van der Waals surface area contributed by atoms with Gasteiger partial charge in [-0.25, -0.2) is 5.43 Å². The molecule has 0 saturated heterocycles. The van der Waals surface area contributed by atoms with E-state index in [0.717, 1.165) is 10.3 Å². The van der Waals surface area contributed by atoms with Gasteiger partial charge in [0, 0.05) is 39.9 Å². The van der Waals surface area contributed by atoms with Crippen molar-refractivity contribution in [2.45, 2.75) is 6.61 Å². The number of nitrogens with zero attached hydrogens (tertiary/aromatic N) is 3. The Morgan fingerprint density at radius 1 is 0.971 bits per heavy atom. The van der Waals surface area contributed by atoms with Crippen LogP contribution in [0.2, 0.25) is 0 Å². The molecule has 10 nitrogen and oxygen atoms in total. The normalized spacial score (nSPS) is 10.9. The first kappa shape index (κ1) is 22.6. The number of amides is 1. The van der Waals surface area contributed by atoms with Gasteiger partial charge in [-0.2, -0.15) is 5.10 Å².